The molecule has 4 nitrogen and oxygen atoms in total. The van der Waals surface area contributed by atoms with E-state index in [1.807, 2.05) is 55.5 Å². The third-order valence-electron chi connectivity index (χ3n) is 5.47. The normalized spacial score (nSPS) is 12.0. The van der Waals surface area contributed by atoms with Gasteiger partial charge in [0, 0.05) is 16.7 Å². The first-order chi connectivity index (χ1) is 15.8. The van der Waals surface area contributed by atoms with Crippen LogP contribution in [0.5, 0.6) is 0 Å². The molecule has 2 aromatic heterocycles. The van der Waals surface area contributed by atoms with Gasteiger partial charge < -0.3 is 4.98 Å². The van der Waals surface area contributed by atoms with Crippen LogP contribution >= 0.6 is 11.8 Å². The van der Waals surface area contributed by atoms with E-state index in [4.69, 9.17) is 4.98 Å². The maximum atomic E-state index is 13.6. The molecule has 0 fully saturated rings. The van der Waals surface area contributed by atoms with Crippen molar-refractivity contribution in [3.63, 3.8) is 0 Å². The zero-order chi connectivity index (χ0) is 23.2. The molecular formula is C25H18F3N3OS. The molecule has 166 valence electrons. The molecule has 33 heavy (non-hydrogen) atoms. The highest BCUT2D eigenvalue weighted by atomic mass is 32.2. The van der Waals surface area contributed by atoms with Crippen LogP contribution in [-0.2, 0) is 11.9 Å². The number of hydrogen-bond donors (Lipinski definition) is 1. The summed E-state index contributed by atoms with van der Waals surface area (Å²) in [6.45, 7) is 1.90. The van der Waals surface area contributed by atoms with E-state index in [1.54, 1.807) is 6.07 Å². The highest BCUT2D eigenvalue weighted by Crippen LogP contribution is 2.32. The Bertz CT molecular complexity index is 1550. The van der Waals surface area contributed by atoms with Crippen LogP contribution in [0.3, 0.4) is 0 Å². The molecule has 0 atom stereocenters. The Morgan fingerprint density at radius 1 is 1.00 bits per heavy atom. The molecular weight excluding hydrogens is 447 g/mol. The van der Waals surface area contributed by atoms with Gasteiger partial charge in [-0.3, -0.25) is 9.36 Å². The van der Waals surface area contributed by atoms with Crippen LogP contribution < -0.4 is 5.56 Å². The van der Waals surface area contributed by atoms with Crippen molar-refractivity contribution in [1.29, 1.82) is 0 Å². The molecule has 0 aliphatic heterocycles. The molecule has 8 heteroatoms. The van der Waals surface area contributed by atoms with Gasteiger partial charge in [0.1, 0.15) is 11.0 Å². The van der Waals surface area contributed by atoms with Crippen molar-refractivity contribution < 1.29 is 13.2 Å². The number of nitrogens with zero attached hydrogens (tertiary/aromatic N) is 2. The first-order valence-corrected chi connectivity index (χ1v) is 11.2. The van der Waals surface area contributed by atoms with Crippen LogP contribution in [0.4, 0.5) is 13.2 Å². The van der Waals surface area contributed by atoms with E-state index < -0.39 is 11.7 Å². The monoisotopic (exact) mass is 465 g/mol. The number of aromatic amines is 1. The number of aromatic nitrogens is 3. The highest BCUT2D eigenvalue weighted by Gasteiger charge is 2.30. The summed E-state index contributed by atoms with van der Waals surface area (Å²) < 4.78 is 40.9. The summed E-state index contributed by atoms with van der Waals surface area (Å²) in [7, 11) is 0. The molecule has 0 radical (unpaired) electrons. The Balaban J connectivity index is 1.67. The second-order valence-electron chi connectivity index (χ2n) is 7.70. The lowest BCUT2D eigenvalue weighted by atomic mass is 10.1. The SMILES string of the molecule is Cc1ccccc1-n1c(SCc2cccc(C(F)(F)F)c2)nc2c([nH]c3ccccc32)c1=O. The number of fused-ring (bicyclic) bond motifs is 3. The minimum atomic E-state index is -4.41. The van der Waals surface area contributed by atoms with Crippen LogP contribution in [0.1, 0.15) is 16.7 Å². The quantitative estimate of drug-likeness (QED) is 0.244. The third-order valence-corrected chi connectivity index (χ3v) is 6.48. The van der Waals surface area contributed by atoms with Gasteiger partial charge in [0.05, 0.1) is 11.3 Å². The van der Waals surface area contributed by atoms with Gasteiger partial charge in [0.15, 0.2) is 5.16 Å². The smallest absolute Gasteiger partial charge is 0.349 e. The van der Waals surface area contributed by atoms with E-state index >= 15 is 0 Å². The summed E-state index contributed by atoms with van der Waals surface area (Å²) in [5.74, 6) is 0.232. The number of halogens is 3. The van der Waals surface area contributed by atoms with Gasteiger partial charge in [-0.25, -0.2) is 4.98 Å². The summed E-state index contributed by atoms with van der Waals surface area (Å²) in [4.78, 5) is 21.6. The maximum Gasteiger partial charge on any atom is 0.416 e. The Morgan fingerprint density at radius 3 is 2.55 bits per heavy atom. The molecule has 0 unspecified atom stereocenters. The van der Waals surface area contributed by atoms with E-state index in [1.165, 1.54) is 22.4 Å². The number of H-pyrrole nitrogens is 1. The van der Waals surface area contributed by atoms with Gasteiger partial charge in [0.25, 0.3) is 5.56 Å². The van der Waals surface area contributed by atoms with E-state index in [9.17, 15) is 18.0 Å². The van der Waals surface area contributed by atoms with E-state index in [0.717, 1.165) is 28.6 Å². The molecule has 5 aromatic rings. The van der Waals surface area contributed by atoms with Gasteiger partial charge in [-0.05, 0) is 36.2 Å². The Labute approximate surface area is 191 Å². The van der Waals surface area contributed by atoms with Crippen LogP contribution in [-0.4, -0.2) is 14.5 Å². The second-order valence-corrected chi connectivity index (χ2v) is 8.64. The first-order valence-electron chi connectivity index (χ1n) is 10.2. The van der Waals surface area contributed by atoms with Crippen LogP contribution in [0.25, 0.3) is 27.6 Å². The molecule has 1 N–H and O–H groups in total. The van der Waals surface area contributed by atoms with Crippen molar-refractivity contribution in [1.82, 2.24) is 14.5 Å². The van der Waals surface area contributed by atoms with Gasteiger partial charge in [-0.15, -0.1) is 0 Å². The van der Waals surface area contributed by atoms with Crippen molar-refractivity contribution in [3.05, 3.63) is 99.8 Å². The van der Waals surface area contributed by atoms with E-state index in [-0.39, 0.29) is 11.3 Å². The summed E-state index contributed by atoms with van der Waals surface area (Å²) in [6.07, 6.45) is -4.41. The minimum absolute atomic E-state index is 0.232. The number of alkyl halides is 3. The molecule has 0 saturated heterocycles. The Kier molecular flexibility index (Phi) is 5.25. The molecule has 0 aliphatic rings. The molecule has 3 aromatic carbocycles. The van der Waals surface area contributed by atoms with E-state index in [2.05, 4.69) is 4.98 Å². The predicted octanol–water partition coefficient (Wildman–Crippen LogP) is 6.49. The predicted molar refractivity (Wildman–Crippen MR) is 125 cm³/mol. The van der Waals surface area contributed by atoms with Crippen molar-refractivity contribution >= 4 is 33.7 Å². The van der Waals surface area contributed by atoms with Gasteiger partial charge in [0.2, 0.25) is 0 Å². The lowest BCUT2D eigenvalue weighted by molar-refractivity contribution is -0.137. The average molecular weight is 466 g/mol. The number of para-hydroxylation sites is 2. The van der Waals surface area contributed by atoms with Gasteiger partial charge >= 0.3 is 6.18 Å². The van der Waals surface area contributed by atoms with Crippen molar-refractivity contribution in [3.8, 4) is 5.69 Å². The zero-order valence-corrected chi connectivity index (χ0v) is 18.3. The summed E-state index contributed by atoms with van der Waals surface area (Å²) >= 11 is 1.23. The van der Waals surface area contributed by atoms with E-state index in [0.29, 0.717) is 27.4 Å². The fourth-order valence-corrected chi connectivity index (χ4v) is 4.79. The molecule has 0 saturated carbocycles. The third kappa shape index (κ3) is 3.91. The molecule has 0 amide bonds. The van der Waals surface area contributed by atoms with Crippen LogP contribution in [0.15, 0.2) is 82.7 Å². The number of nitrogens with one attached hydrogen (secondary N) is 1. The number of hydrogen-bond acceptors (Lipinski definition) is 3. The molecule has 0 bridgehead atoms. The Morgan fingerprint density at radius 2 is 1.76 bits per heavy atom. The van der Waals surface area contributed by atoms with Crippen molar-refractivity contribution in [2.24, 2.45) is 0 Å². The second kappa shape index (κ2) is 8.12. The summed E-state index contributed by atoms with van der Waals surface area (Å²) in [5.41, 5.74) is 2.86. The number of rotatable bonds is 4. The lowest BCUT2D eigenvalue weighted by Gasteiger charge is -2.14. The zero-order valence-electron chi connectivity index (χ0n) is 17.5. The average Bonchev–Trinajstić information content (AvgIpc) is 3.17. The Hall–Kier alpha value is -3.52. The minimum Gasteiger partial charge on any atom is -0.349 e. The molecule has 0 aliphatic carbocycles. The number of benzene rings is 3. The largest absolute Gasteiger partial charge is 0.416 e. The van der Waals surface area contributed by atoms with Crippen molar-refractivity contribution in [2.75, 3.05) is 0 Å². The lowest BCUT2D eigenvalue weighted by Crippen LogP contribution is -2.22. The topological polar surface area (TPSA) is 50.7 Å². The first kappa shape index (κ1) is 21.3. The van der Waals surface area contributed by atoms with Gasteiger partial charge in [-0.1, -0.05) is 66.4 Å². The standard InChI is InChI=1S/C25H18F3N3OS/c1-15-7-2-5-12-20(15)31-23(32)22-21(18-10-3-4-11-19(18)29-22)30-24(31)33-14-16-8-6-9-17(13-16)25(26,27)28/h2-13,29H,14H2,1H3. The molecule has 5 rings (SSSR count). The van der Waals surface area contributed by atoms with Crippen molar-refractivity contribution in [2.45, 2.75) is 24.0 Å². The fraction of sp³-hybridized carbons (Fsp3) is 0.120. The van der Waals surface area contributed by atoms with Crippen LogP contribution in [0, 0.1) is 6.92 Å². The highest BCUT2D eigenvalue weighted by molar-refractivity contribution is 7.98. The van der Waals surface area contributed by atoms with Crippen LogP contribution in [0.2, 0.25) is 0 Å². The number of aryl methyl sites for hydroxylation is 1. The molecule has 2 heterocycles. The maximum absolute atomic E-state index is 13.6. The molecule has 0 spiro atoms. The summed E-state index contributed by atoms with van der Waals surface area (Å²) in [5, 5.41) is 1.24. The summed E-state index contributed by atoms with van der Waals surface area (Å²) in [6, 6.07) is 20.2. The fourth-order valence-electron chi connectivity index (χ4n) is 3.85. The van der Waals surface area contributed by atoms with Gasteiger partial charge in [-0.2, -0.15) is 13.2 Å². The number of thioether (sulfide) groups is 1.